The van der Waals surface area contributed by atoms with E-state index in [4.69, 9.17) is 5.73 Å². The molecule has 0 aromatic rings. The lowest BCUT2D eigenvalue weighted by Crippen LogP contribution is -2.42. The fourth-order valence-electron chi connectivity index (χ4n) is 1.62. The Hall–Kier alpha value is -0.0900. The van der Waals surface area contributed by atoms with Gasteiger partial charge < -0.3 is 5.73 Å². The second kappa shape index (κ2) is 3.00. The molecule has 1 rings (SSSR count). The van der Waals surface area contributed by atoms with Gasteiger partial charge in [0.15, 0.2) is 9.84 Å². The fourth-order valence-corrected chi connectivity index (χ4v) is 2.60. The van der Waals surface area contributed by atoms with Crippen LogP contribution in [0.15, 0.2) is 0 Å². The maximum Gasteiger partial charge on any atom is 0.152 e. The van der Waals surface area contributed by atoms with Crippen molar-refractivity contribution in [3.05, 3.63) is 0 Å². The average Bonchev–Trinajstić information content (AvgIpc) is 1.93. The Morgan fingerprint density at radius 1 is 1.33 bits per heavy atom. The summed E-state index contributed by atoms with van der Waals surface area (Å²) in [6.45, 7) is 1.83. The van der Waals surface area contributed by atoms with Gasteiger partial charge in [0.2, 0.25) is 0 Å². The van der Waals surface area contributed by atoms with Crippen molar-refractivity contribution in [3.8, 4) is 0 Å². The molecule has 0 spiro atoms. The highest BCUT2D eigenvalue weighted by Gasteiger charge is 2.38. The van der Waals surface area contributed by atoms with Gasteiger partial charge in [-0.15, -0.1) is 0 Å². The van der Waals surface area contributed by atoms with Crippen molar-refractivity contribution in [2.24, 2.45) is 5.73 Å². The molecule has 72 valence electrons. The van der Waals surface area contributed by atoms with Crippen molar-refractivity contribution in [2.45, 2.75) is 43.4 Å². The first-order valence-electron chi connectivity index (χ1n) is 4.30. The Balaban J connectivity index is 2.76. The largest absolute Gasteiger partial charge is 0.328 e. The number of sulfone groups is 1. The highest BCUT2D eigenvalue weighted by molar-refractivity contribution is 7.92. The molecule has 2 N–H and O–H groups in total. The van der Waals surface area contributed by atoms with Crippen LogP contribution in [0, 0.1) is 0 Å². The molecule has 0 atom stereocenters. The lowest BCUT2D eigenvalue weighted by Gasteiger charge is -2.34. The molecule has 0 aromatic heterocycles. The zero-order valence-electron chi connectivity index (χ0n) is 7.71. The maximum atomic E-state index is 11.4. The summed E-state index contributed by atoms with van der Waals surface area (Å²) in [6.07, 6.45) is 4.43. The van der Waals surface area contributed by atoms with Gasteiger partial charge in [-0.2, -0.15) is 0 Å². The number of nitrogens with two attached hydrogens (primary N) is 1. The summed E-state index contributed by atoms with van der Waals surface area (Å²) in [4.78, 5) is 0. The molecule has 0 saturated heterocycles. The summed E-state index contributed by atoms with van der Waals surface area (Å²) >= 11 is 0. The molecular formula is C8H17NO2S. The first-order valence-corrected chi connectivity index (χ1v) is 6.19. The normalized spacial score (nSPS) is 38.1. The van der Waals surface area contributed by atoms with E-state index in [1.165, 1.54) is 6.26 Å². The molecule has 0 unspecified atom stereocenters. The summed E-state index contributed by atoms with van der Waals surface area (Å²) in [7, 11) is -2.90. The third-order valence-corrected chi connectivity index (χ3v) is 5.18. The van der Waals surface area contributed by atoms with Gasteiger partial charge in [0.25, 0.3) is 0 Å². The van der Waals surface area contributed by atoms with Crippen LogP contribution in [0.1, 0.15) is 32.6 Å². The second-order valence-electron chi connectivity index (χ2n) is 4.06. The molecule has 0 bridgehead atoms. The molecule has 12 heavy (non-hydrogen) atoms. The van der Waals surface area contributed by atoms with Crippen LogP contribution in [-0.2, 0) is 9.84 Å². The predicted molar refractivity (Wildman–Crippen MR) is 49.7 cm³/mol. The molecule has 0 heterocycles. The summed E-state index contributed by atoms with van der Waals surface area (Å²) in [5.74, 6) is 0. The first-order chi connectivity index (χ1) is 5.35. The van der Waals surface area contributed by atoms with Crippen LogP contribution in [0.5, 0.6) is 0 Å². The smallest absolute Gasteiger partial charge is 0.152 e. The van der Waals surface area contributed by atoms with Crippen molar-refractivity contribution in [1.82, 2.24) is 0 Å². The van der Waals surface area contributed by atoms with Gasteiger partial charge in [0.05, 0.1) is 4.75 Å². The van der Waals surface area contributed by atoms with Gasteiger partial charge in [0, 0.05) is 12.3 Å². The molecule has 1 aliphatic rings. The van der Waals surface area contributed by atoms with E-state index in [0.29, 0.717) is 12.8 Å². The van der Waals surface area contributed by atoms with Crippen molar-refractivity contribution in [1.29, 1.82) is 0 Å². The molecule has 0 aromatic carbocycles. The van der Waals surface area contributed by atoms with E-state index in [-0.39, 0.29) is 6.04 Å². The van der Waals surface area contributed by atoms with Gasteiger partial charge in [-0.05, 0) is 32.6 Å². The predicted octanol–water partition coefficient (Wildman–Crippen LogP) is 0.691. The highest BCUT2D eigenvalue weighted by atomic mass is 32.2. The minimum absolute atomic E-state index is 0.208. The summed E-state index contributed by atoms with van der Waals surface area (Å²) in [5.41, 5.74) is 5.70. The second-order valence-corrected chi connectivity index (χ2v) is 6.59. The monoisotopic (exact) mass is 191 g/mol. The Labute approximate surface area is 74.3 Å². The average molecular weight is 191 g/mol. The molecule has 0 radical (unpaired) electrons. The summed E-state index contributed by atoms with van der Waals surface area (Å²) < 4.78 is 22.2. The van der Waals surface area contributed by atoms with Crippen LogP contribution in [-0.4, -0.2) is 25.5 Å². The van der Waals surface area contributed by atoms with Gasteiger partial charge in [-0.1, -0.05) is 0 Å². The van der Waals surface area contributed by atoms with E-state index >= 15 is 0 Å². The standard InChI is InChI=1S/C8H17NO2S/c1-8(12(2,10)11)5-3-7(9)4-6-8/h7H,3-6,9H2,1-2H3. The minimum atomic E-state index is -2.90. The first kappa shape index (κ1) is 9.99. The Kier molecular flexibility index (Phi) is 2.50. The minimum Gasteiger partial charge on any atom is -0.328 e. The van der Waals surface area contributed by atoms with Gasteiger partial charge in [-0.25, -0.2) is 8.42 Å². The molecule has 0 aliphatic heterocycles. The SMILES string of the molecule is CC1(S(C)(=O)=O)CCC(N)CC1. The van der Waals surface area contributed by atoms with Gasteiger partial charge >= 0.3 is 0 Å². The van der Waals surface area contributed by atoms with Crippen LogP contribution >= 0.6 is 0 Å². The van der Waals surface area contributed by atoms with Gasteiger partial charge in [0.1, 0.15) is 0 Å². The van der Waals surface area contributed by atoms with Crippen LogP contribution in [0.3, 0.4) is 0 Å². The molecule has 0 amide bonds. The maximum absolute atomic E-state index is 11.4. The van der Waals surface area contributed by atoms with Crippen molar-refractivity contribution in [2.75, 3.05) is 6.26 Å². The third-order valence-electron chi connectivity index (χ3n) is 2.98. The molecule has 1 aliphatic carbocycles. The van der Waals surface area contributed by atoms with E-state index in [1.807, 2.05) is 6.92 Å². The summed E-state index contributed by atoms with van der Waals surface area (Å²) in [5, 5.41) is 0. The zero-order valence-corrected chi connectivity index (χ0v) is 8.52. The highest BCUT2D eigenvalue weighted by Crippen LogP contribution is 2.33. The van der Waals surface area contributed by atoms with E-state index in [1.54, 1.807) is 0 Å². The quantitative estimate of drug-likeness (QED) is 0.663. The van der Waals surface area contributed by atoms with E-state index in [0.717, 1.165) is 12.8 Å². The van der Waals surface area contributed by atoms with E-state index in [9.17, 15) is 8.42 Å². The van der Waals surface area contributed by atoms with Crippen molar-refractivity contribution in [3.63, 3.8) is 0 Å². The Morgan fingerprint density at radius 3 is 2.08 bits per heavy atom. The van der Waals surface area contributed by atoms with Crippen molar-refractivity contribution < 1.29 is 8.42 Å². The number of hydrogen-bond donors (Lipinski definition) is 1. The molecular weight excluding hydrogens is 174 g/mol. The van der Waals surface area contributed by atoms with Crippen LogP contribution in [0.4, 0.5) is 0 Å². The number of rotatable bonds is 1. The van der Waals surface area contributed by atoms with Crippen molar-refractivity contribution >= 4 is 9.84 Å². The lowest BCUT2D eigenvalue weighted by atomic mass is 9.87. The molecule has 3 nitrogen and oxygen atoms in total. The number of hydrogen-bond acceptors (Lipinski definition) is 3. The van der Waals surface area contributed by atoms with Gasteiger partial charge in [-0.3, -0.25) is 0 Å². The third kappa shape index (κ3) is 1.80. The molecule has 1 saturated carbocycles. The molecule has 4 heteroatoms. The zero-order chi connectivity index (χ0) is 9.41. The molecule has 1 fully saturated rings. The Morgan fingerprint density at radius 2 is 1.75 bits per heavy atom. The fraction of sp³-hybridized carbons (Fsp3) is 1.00. The van der Waals surface area contributed by atoms with Crippen LogP contribution in [0.25, 0.3) is 0 Å². The van der Waals surface area contributed by atoms with E-state index in [2.05, 4.69) is 0 Å². The lowest BCUT2D eigenvalue weighted by molar-refractivity contribution is 0.361. The van der Waals surface area contributed by atoms with Crippen LogP contribution < -0.4 is 5.73 Å². The topological polar surface area (TPSA) is 60.2 Å². The van der Waals surface area contributed by atoms with E-state index < -0.39 is 14.6 Å². The summed E-state index contributed by atoms with van der Waals surface area (Å²) in [6, 6.07) is 0.208. The Bertz CT molecular complexity index is 250. The van der Waals surface area contributed by atoms with Crippen LogP contribution in [0.2, 0.25) is 0 Å².